The van der Waals surface area contributed by atoms with Crippen LogP contribution in [0, 0.1) is 0 Å². The number of rotatable bonds is 7. The number of carbonyl (C=O) groups is 4. The summed E-state index contributed by atoms with van der Waals surface area (Å²) < 4.78 is -0.732. The maximum atomic E-state index is 12.8. The van der Waals surface area contributed by atoms with E-state index in [2.05, 4.69) is 15.5 Å². The Morgan fingerprint density at radius 2 is 2.13 bits per heavy atom. The van der Waals surface area contributed by atoms with Gasteiger partial charge in [0, 0.05) is 10.1 Å². The highest BCUT2D eigenvalue weighted by atomic mass is 32.2. The Morgan fingerprint density at radius 3 is 2.70 bits per heavy atom. The van der Waals surface area contributed by atoms with E-state index in [4.69, 9.17) is 16.4 Å². The molecule has 162 valence electrons. The second kappa shape index (κ2) is 8.08. The predicted molar refractivity (Wildman–Crippen MR) is 107 cm³/mol. The Labute approximate surface area is 178 Å². The minimum atomic E-state index is -1.11. The topological polar surface area (TPSA) is 202 Å². The molecule has 1 aromatic heterocycles. The van der Waals surface area contributed by atoms with Gasteiger partial charge in [-0.25, -0.2) is 15.6 Å². The molecule has 1 unspecified atom stereocenters. The number of thiazole rings is 1. The number of thioether (sulfide) groups is 1. The SMILES string of the molecule is CC1(C)S[C@@H]2C(NC(=O)/C(=N/OCC(=O)NN)c3csc(N)n3)C(=O)N2[C@H]1C(=O)O. The van der Waals surface area contributed by atoms with Crippen LogP contribution in [0.5, 0.6) is 0 Å². The Balaban J connectivity index is 1.77. The lowest BCUT2D eigenvalue weighted by Crippen LogP contribution is -2.71. The molecule has 13 nitrogen and oxygen atoms in total. The third-order valence-corrected chi connectivity index (χ3v) is 6.70. The molecule has 0 aromatic carbocycles. The van der Waals surface area contributed by atoms with Crippen molar-refractivity contribution in [2.75, 3.05) is 12.3 Å². The van der Waals surface area contributed by atoms with E-state index in [1.165, 1.54) is 22.0 Å². The van der Waals surface area contributed by atoms with Gasteiger partial charge in [-0.3, -0.25) is 19.8 Å². The monoisotopic (exact) mass is 457 g/mol. The number of β-lactam (4-membered cyclic amide) rings is 1. The number of aromatic nitrogens is 1. The van der Waals surface area contributed by atoms with Crippen molar-refractivity contribution in [3.63, 3.8) is 0 Å². The van der Waals surface area contributed by atoms with Crippen LogP contribution in [-0.2, 0) is 24.0 Å². The van der Waals surface area contributed by atoms with Crippen LogP contribution in [0.2, 0.25) is 0 Å². The summed E-state index contributed by atoms with van der Waals surface area (Å²) in [4.78, 5) is 58.2. The first-order valence-corrected chi connectivity index (χ1v) is 10.3. The molecule has 30 heavy (non-hydrogen) atoms. The van der Waals surface area contributed by atoms with Crippen molar-refractivity contribution in [2.24, 2.45) is 11.0 Å². The van der Waals surface area contributed by atoms with Crippen LogP contribution >= 0.6 is 23.1 Å². The fourth-order valence-electron chi connectivity index (χ4n) is 3.15. The van der Waals surface area contributed by atoms with Crippen LogP contribution < -0.4 is 22.3 Å². The van der Waals surface area contributed by atoms with Crippen molar-refractivity contribution in [1.82, 2.24) is 20.6 Å². The Bertz CT molecular complexity index is 932. The van der Waals surface area contributed by atoms with Crippen molar-refractivity contribution >= 4 is 57.6 Å². The molecular formula is C15H19N7O6S2. The zero-order valence-corrected chi connectivity index (χ0v) is 17.5. The largest absolute Gasteiger partial charge is 0.480 e. The highest BCUT2D eigenvalue weighted by Crippen LogP contribution is 2.50. The van der Waals surface area contributed by atoms with Gasteiger partial charge in [0.2, 0.25) is 5.91 Å². The molecule has 1 aromatic rings. The van der Waals surface area contributed by atoms with Crippen molar-refractivity contribution in [2.45, 2.75) is 36.1 Å². The normalized spacial score (nSPS) is 24.6. The molecule has 3 heterocycles. The Morgan fingerprint density at radius 1 is 1.43 bits per heavy atom. The number of carboxylic acids is 1. The average Bonchev–Trinajstić information content (AvgIpc) is 3.21. The molecule has 15 heteroatoms. The van der Waals surface area contributed by atoms with Crippen molar-refractivity contribution in [1.29, 1.82) is 0 Å². The highest BCUT2D eigenvalue weighted by Gasteiger charge is 2.64. The molecule has 2 fully saturated rings. The number of hydrogen-bond acceptors (Lipinski definition) is 11. The van der Waals surface area contributed by atoms with E-state index in [0.717, 1.165) is 11.3 Å². The van der Waals surface area contributed by atoms with Crippen LogP contribution in [0.4, 0.5) is 5.13 Å². The quantitative estimate of drug-likeness (QED) is 0.101. The third-order valence-electron chi connectivity index (χ3n) is 4.45. The minimum Gasteiger partial charge on any atom is -0.480 e. The summed E-state index contributed by atoms with van der Waals surface area (Å²) in [6, 6.07) is -1.95. The lowest BCUT2D eigenvalue weighted by molar-refractivity contribution is -0.160. The molecule has 0 radical (unpaired) electrons. The van der Waals surface area contributed by atoms with Crippen molar-refractivity contribution < 1.29 is 29.1 Å². The number of carboxylic acid groups (broad SMARTS) is 1. The van der Waals surface area contributed by atoms with Crippen LogP contribution in [0.25, 0.3) is 0 Å². The number of carbonyl (C=O) groups excluding carboxylic acids is 3. The zero-order valence-electron chi connectivity index (χ0n) is 15.8. The van der Waals surface area contributed by atoms with Gasteiger partial charge in [0.25, 0.3) is 11.8 Å². The van der Waals surface area contributed by atoms with Gasteiger partial charge >= 0.3 is 5.97 Å². The van der Waals surface area contributed by atoms with E-state index in [9.17, 15) is 24.3 Å². The summed E-state index contributed by atoms with van der Waals surface area (Å²) in [5.74, 6) is 1.86. The number of fused-ring (bicyclic) bond motifs is 1. The molecule has 3 atom stereocenters. The van der Waals surface area contributed by atoms with Crippen LogP contribution in [0.3, 0.4) is 0 Å². The van der Waals surface area contributed by atoms with Crippen molar-refractivity contribution in [3.05, 3.63) is 11.1 Å². The number of hydrazine groups is 1. The summed E-state index contributed by atoms with van der Waals surface area (Å²) in [6.07, 6.45) is 0. The van der Waals surface area contributed by atoms with Crippen LogP contribution in [0.15, 0.2) is 10.5 Å². The first-order chi connectivity index (χ1) is 14.1. The summed E-state index contributed by atoms with van der Waals surface area (Å²) in [5, 5.41) is 16.7. The molecule has 2 saturated heterocycles. The number of anilines is 1. The second-order valence-electron chi connectivity index (χ2n) is 6.90. The second-order valence-corrected chi connectivity index (χ2v) is 9.56. The van der Waals surface area contributed by atoms with Crippen molar-refractivity contribution in [3.8, 4) is 0 Å². The zero-order chi connectivity index (χ0) is 22.2. The van der Waals surface area contributed by atoms with E-state index < -0.39 is 52.5 Å². The molecule has 2 aliphatic rings. The summed E-state index contributed by atoms with van der Waals surface area (Å²) >= 11 is 2.34. The van der Waals surface area contributed by atoms with E-state index in [1.54, 1.807) is 13.8 Å². The summed E-state index contributed by atoms with van der Waals surface area (Å²) in [7, 11) is 0. The number of nitrogens with one attached hydrogen (secondary N) is 2. The van der Waals surface area contributed by atoms with Gasteiger partial charge < -0.3 is 25.9 Å². The number of amides is 3. The molecular weight excluding hydrogens is 438 g/mol. The van der Waals surface area contributed by atoms with E-state index >= 15 is 0 Å². The molecule has 0 bridgehead atoms. The van der Waals surface area contributed by atoms with E-state index in [0.29, 0.717) is 0 Å². The summed E-state index contributed by atoms with van der Waals surface area (Å²) in [6.45, 7) is 2.90. The molecule has 7 N–H and O–H groups in total. The molecule has 3 amide bonds. The average molecular weight is 457 g/mol. The van der Waals surface area contributed by atoms with Crippen LogP contribution in [0.1, 0.15) is 19.5 Å². The molecule has 0 aliphatic carbocycles. The fraction of sp³-hybridized carbons (Fsp3) is 0.467. The first kappa shape index (κ1) is 21.8. The van der Waals surface area contributed by atoms with Gasteiger partial charge in [0.15, 0.2) is 17.5 Å². The number of nitrogen functional groups attached to an aromatic ring is 1. The number of nitrogens with zero attached hydrogens (tertiary/aromatic N) is 3. The minimum absolute atomic E-state index is 0.0922. The highest BCUT2D eigenvalue weighted by molar-refractivity contribution is 8.01. The maximum absolute atomic E-state index is 12.8. The van der Waals surface area contributed by atoms with Crippen LogP contribution in [-0.4, -0.2) is 73.2 Å². The van der Waals surface area contributed by atoms with Gasteiger partial charge in [0.1, 0.15) is 23.2 Å². The lowest BCUT2D eigenvalue weighted by Gasteiger charge is -2.43. The standard InChI is InChI=1S/C15H19N7O6S2/c1-15(2)9(13(26)27)22-11(25)8(12(22)30-15)19-10(24)7(5-4-29-14(16)18-5)21-28-3-6(23)20-17/h4,8-9,12H,3,17H2,1-2H3,(H2,16,18)(H,19,24)(H,20,23)(H,26,27)/b21-7+/t8?,9-,12+/m0/s1. The maximum Gasteiger partial charge on any atom is 0.327 e. The van der Waals surface area contributed by atoms with E-state index in [-0.39, 0.29) is 16.5 Å². The van der Waals surface area contributed by atoms with Gasteiger partial charge in [-0.05, 0) is 13.8 Å². The first-order valence-electron chi connectivity index (χ1n) is 8.51. The van der Waals surface area contributed by atoms with Gasteiger partial charge in [-0.2, -0.15) is 0 Å². The van der Waals surface area contributed by atoms with Gasteiger partial charge in [-0.1, -0.05) is 5.16 Å². The molecule has 0 saturated carbocycles. The number of nitrogens with two attached hydrogens (primary N) is 2. The number of hydrogen-bond donors (Lipinski definition) is 5. The smallest absolute Gasteiger partial charge is 0.327 e. The molecule has 2 aliphatic heterocycles. The van der Waals surface area contributed by atoms with Gasteiger partial charge in [0.05, 0.1) is 0 Å². The van der Waals surface area contributed by atoms with E-state index in [1.807, 2.05) is 5.43 Å². The summed E-state index contributed by atoms with van der Waals surface area (Å²) in [5.41, 5.74) is 7.24. The lowest BCUT2D eigenvalue weighted by atomic mass is 9.96. The Hall–Kier alpha value is -2.91. The Kier molecular flexibility index (Phi) is 5.87. The third kappa shape index (κ3) is 3.90. The fourth-order valence-corrected chi connectivity index (χ4v) is 5.33. The number of oxime groups is 1. The molecule has 3 rings (SSSR count). The van der Waals surface area contributed by atoms with Gasteiger partial charge in [-0.15, -0.1) is 23.1 Å². The predicted octanol–water partition coefficient (Wildman–Crippen LogP) is -1.93. The molecule has 0 spiro atoms. The number of aliphatic carboxylic acids is 1.